The van der Waals surface area contributed by atoms with E-state index in [0.717, 1.165) is 4.47 Å². The molecule has 0 radical (unpaired) electrons. The highest BCUT2D eigenvalue weighted by Crippen LogP contribution is 2.26. The third-order valence-electron chi connectivity index (χ3n) is 2.69. The van der Waals surface area contributed by atoms with Gasteiger partial charge in [0.15, 0.2) is 0 Å². The Labute approximate surface area is 113 Å². The number of amides is 1. The number of imidazole rings is 1. The van der Waals surface area contributed by atoms with E-state index >= 15 is 0 Å². The fourth-order valence-electron chi connectivity index (χ4n) is 1.68. The van der Waals surface area contributed by atoms with Gasteiger partial charge in [-0.3, -0.25) is 4.79 Å². The summed E-state index contributed by atoms with van der Waals surface area (Å²) in [7, 11) is 3.47. The largest absolute Gasteiger partial charge is 0.397 e. The summed E-state index contributed by atoms with van der Waals surface area (Å²) < 4.78 is 2.55. The number of aryl methyl sites for hydroxylation is 1. The summed E-state index contributed by atoms with van der Waals surface area (Å²) in [6, 6.07) is 5.41. The van der Waals surface area contributed by atoms with Crippen molar-refractivity contribution in [3.63, 3.8) is 0 Å². The molecule has 2 rings (SSSR count). The standard InChI is InChI=1S/C12H13BrN4O/c1-16-7-15-6-11(16)12(18)17(2)10-4-3-8(13)5-9(10)14/h3-7H,14H2,1-2H3. The molecule has 0 aliphatic carbocycles. The molecule has 2 N–H and O–H groups in total. The number of nitrogens with zero attached hydrogens (tertiary/aromatic N) is 3. The Bertz CT molecular complexity index is 594. The van der Waals surface area contributed by atoms with E-state index in [1.807, 2.05) is 6.07 Å². The Morgan fingerprint density at radius 1 is 1.50 bits per heavy atom. The quantitative estimate of drug-likeness (QED) is 0.864. The summed E-state index contributed by atoms with van der Waals surface area (Å²) in [6.07, 6.45) is 3.12. The van der Waals surface area contributed by atoms with Crippen molar-refractivity contribution in [2.75, 3.05) is 17.7 Å². The van der Waals surface area contributed by atoms with Crippen LogP contribution in [0.2, 0.25) is 0 Å². The Kier molecular flexibility index (Phi) is 3.38. The van der Waals surface area contributed by atoms with Crippen LogP contribution in [-0.2, 0) is 7.05 Å². The summed E-state index contributed by atoms with van der Waals surface area (Å²) in [5, 5.41) is 0. The van der Waals surface area contributed by atoms with E-state index in [0.29, 0.717) is 17.1 Å². The first-order chi connectivity index (χ1) is 8.50. The van der Waals surface area contributed by atoms with E-state index in [1.165, 1.54) is 11.1 Å². The molecule has 1 aromatic heterocycles. The van der Waals surface area contributed by atoms with Gasteiger partial charge in [-0.1, -0.05) is 15.9 Å². The summed E-state index contributed by atoms with van der Waals surface area (Å²) in [5.41, 5.74) is 7.63. The van der Waals surface area contributed by atoms with Gasteiger partial charge in [-0.15, -0.1) is 0 Å². The van der Waals surface area contributed by atoms with Crippen LogP contribution in [0.5, 0.6) is 0 Å². The molecule has 1 amide bonds. The SMILES string of the molecule is CN(C(=O)c1cncn1C)c1ccc(Br)cc1N. The minimum absolute atomic E-state index is 0.149. The zero-order valence-electron chi connectivity index (χ0n) is 10.1. The molecule has 0 spiro atoms. The Hall–Kier alpha value is -1.82. The van der Waals surface area contributed by atoms with Crippen molar-refractivity contribution in [3.8, 4) is 0 Å². The van der Waals surface area contributed by atoms with Gasteiger partial charge in [-0.2, -0.15) is 0 Å². The van der Waals surface area contributed by atoms with Gasteiger partial charge in [0.1, 0.15) is 5.69 Å². The summed E-state index contributed by atoms with van der Waals surface area (Å²) in [4.78, 5) is 17.7. The third-order valence-corrected chi connectivity index (χ3v) is 3.18. The van der Waals surface area contributed by atoms with Crippen molar-refractivity contribution in [2.24, 2.45) is 7.05 Å². The first kappa shape index (κ1) is 12.6. The van der Waals surface area contributed by atoms with Crippen molar-refractivity contribution in [1.29, 1.82) is 0 Å². The normalized spacial score (nSPS) is 10.4. The summed E-state index contributed by atoms with van der Waals surface area (Å²) in [6.45, 7) is 0. The van der Waals surface area contributed by atoms with Gasteiger partial charge in [0.25, 0.3) is 5.91 Å². The lowest BCUT2D eigenvalue weighted by atomic mass is 10.2. The lowest BCUT2D eigenvalue weighted by Gasteiger charge is -2.19. The lowest BCUT2D eigenvalue weighted by molar-refractivity contribution is 0.0985. The maximum absolute atomic E-state index is 12.3. The molecule has 0 saturated heterocycles. The number of hydrogen-bond acceptors (Lipinski definition) is 3. The molecule has 5 nitrogen and oxygen atoms in total. The van der Waals surface area contributed by atoms with Crippen LogP contribution < -0.4 is 10.6 Å². The smallest absolute Gasteiger partial charge is 0.276 e. The monoisotopic (exact) mass is 308 g/mol. The minimum Gasteiger partial charge on any atom is -0.397 e. The van der Waals surface area contributed by atoms with E-state index in [1.54, 1.807) is 37.1 Å². The van der Waals surface area contributed by atoms with Crippen LogP contribution in [0.4, 0.5) is 11.4 Å². The van der Waals surface area contributed by atoms with Crippen molar-refractivity contribution in [3.05, 3.63) is 40.9 Å². The fraction of sp³-hybridized carbons (Fsp3) is 0.167. The van der Waals surface area contributed by atoms with E-state index in [9.17, 15) is 4.79 Å². The van der Waals surface area contributed by atoms with E-state index < -0.39 is 0 Å². The van der Waals surface area contributed by atoms with Crippen LogP contribution in [0.3, 0.4) is 0 Å². The van der Waals surface area contributed by atoms with E-state index in [-0.39, 0.29) is 5.91 Å². The molecule has 6 heteroatoms. The van der Waals surface area contributed by atoms with Gasteiger partial charge >= 0.3 is 0 Å². The highest BCUT2D eigenvalue weighted by molar-refractivity contribution is 9.10. The van der Waals surface area contributed by atoms with Crippen molar-refractivity contribution in [2.45, 2.75) is 0 Å². The fourth-order valence-corrected chi connectivity index (χ4v) is 2.05. The Morgan fingerprint density at radius 2 is 2.22 bits per heavy atom. The van der Waals surface area contributed by atoms with Crippen LogP contribution in [0.1, 0.15) is 10.5 Å². The van der Waals surface area contributed by atoms with Crippen LogP contribution in [0.15, 0.2) is 35.2 Å². The molecule has 0 aliphatic heterocycles. The molecular formula is C12H13BrN4O. The Morgan fingerprint density at radius 3 is 2.78 bits per heavy atom. The van der Waals surface area contributed by atoms with Crippen LogP contribution >= 0.6 is 15.9 Å². The highest BCUT2D eigenvalue weighted by atomic mass is 79.9. The second-order valence-electron chi connectivity index (χ2n) is 3.96. The van der Waals surface area contributed by atoms with Crippen LogP contribution in [0, 0.1) is 0 Å². The number of nitrogen functional groups attached to an aromatic ring is 1. The highest BCUT2D eigenvalue weighted by Gasteiger charge is 2.18. The molecule has 18 heavy (non-hydrogen) atoms. The number of benzene rings is 1. The zero-order chi connectivity index (χ0) is 13.3. The molecule has 0 saturated carbocycles. The van der Waals surface area contributed by atoms with E-state index in [4.69, 9.17) is 5.73 Å². The predicted molar refractivity (Wildman–Crippen MR) is 74.5 cm³/mol. The second kappa shape index (κ2) is 4.81. The summed E-state index contributed by atoms with van der Waals surface area (Å²) >= 11 is 3.34. The maximum atomic E-state index is 12.3. The van der Waals surface area contributed by atoms with E-state index in [2.05, 4.69) is 20.9 Å². The predicted octanol–water partition coefficient (Wildman–Crippen LogP) is 2.04. The van der Waals surface area contributed by atoms with Crippen LogP contribution in [0.25, 0.3) is 0 Å². The number of rotatable bonds is 2. The number of aromatic nitrogens is 2. The van der Waals surface area contributed by atoms with Crippen molar-refractivity contribution >= 4 is 33.2 Å². The van der Waals surface area contributed by atoms with Crippen LogP contribution in [-0.4, -0.2) is 22.5 Å². The maximum Gasteiger partial charge on any atom is 0.276 e. The Balaban J connectivity index is 2.34. The number of carbonyl (C=O) groups is 1. The first-order valence-electron chi connectivity index (χ1n) is 5.30. The van der Waals surface area contributed by atoms with Gasteiger partial charge in [0.05, 0.1) is 23.9 Å². The zero-order valence-corrected chi connectivity index (χ0v) is 11.7. The second-order valence-corrected chi connectivity index (χ2v) is 4.87. The minimum atomic E-state index is -0.149. The average Bonchev–Trinajstić information content (AvgIpc) is 2.74. The van der Waals surface area contributed by atoms with Gasteiger partial charge in [0, 0.05) is 18.6 Å². The van der Waals surface area contributed by atoms with Gasteiger partial charge in [0.2, 0.25) is 0 Å². The molecular weight excluding hydrogens is 296 g/mol. The molecule has 94 valence electrons. The number of hydrogen-bond donors (Lipinski definition) is 1. The summed E-state index contributed by atoms with van der Waals surface area (Å²) in [5.74, 6) is -0.149. The molecule has 1 heterocycles. The molecule has 0 bridgehead atoms. The number of anilines is 2. The van der Waals surface area contributed by atoms with Gasteiger partial charge in [-0.05, 0) is 18.2 Å². The molecule has 2 aromatic rings. The molecule has 1 aromatic carbocycles. The van der Waals surface area contributed by atoms with Crippen molar-refractivity contribution < 1.29 is 4.79 Å². The molecule has 0 atom stereocenters. The first-order valence-corrected chi connectivity index (χ1v) is 6.09. The number of nitrogens with two attached hydrogens (primary N) is 1. The lowest BCUT2D eigenvalue weighted by Crippen LogP contribution is -2.28. The third kappa shape index (κ3) is 2.24. The van der Waals surface area contributed by atoms with Gasteiger partial charge in [-0.25, -0.2) is 4.98 Å². The number of halogens is 1. The van der Waals surface area contributed by atoms with Gasteiger partial charge < -0.3 is 15.2 Å². The molecule has 0 aliphatic rings. The van der Waals surface area contributed by atoms with Crippen molar-refractivity contribution in [1.82, 2.24) is 9.55 Å². The average molecular weight is 309 g/mol. The molecule has 0 unspecified atom stereocenters. The molecule has 0 fully saturated rings. The number of carbonyl (C=O) groups excluding carboxylic acids is 1. The topological polar surface area (TPSA) is 64.2 Å².